The van der Waals surface area contributed by atoms with Gasteiger partial charge < -0.3 is 10.6 Å². The number of aryl methyl sites for hydroxylation is 1. The average molecular weight is 577 g/mol. The molecule has 37 heavy (non-hydrogen) atoms. The summed E-state index contributed by atoms with van der Waals surface area (Å²) in [6.45, 7) is 2.53. The molecule has 4 atom stereocenters. The summed E-state index contributed by atoms with van der Waals surface area (Å²) in [5, 5.41) is 6.53. The van der Waals surface area contributed by atoms with Crippen LogP contribution in [0.2, 0.25) is 5.02 Å². The molecule has 0 aliphatic carbocycles. The predicted molar refractivity (Wildman–Crippen MR) is 145 cm³/mol. The van der Waals surface area contributed by atoms with Gasteiger partial charge in [-0.15, -0.1) is 0 Å². The minimum atomic E-state index is -1.37. The molecule has 4 aliphatic heterocycles. The number of amides is 2. The number of Topliss-reactive ketones (excluding diaryl/α,β-unsaturated/α-hetero) is 1. The molecule has 6 nitrogen and oxygen atoms in total. The summed E-state index contributed by atoms with van der Waals surface area (Å²) in [4.78, 5) is 45.4. The number of nitrogens with zero attached hydrogens (tertiary/aromatic N) is 1. The fourth-order valence-electron chi connectivity index (χ4n) is 7.52. The number of fused-ring (bicyclic) bond motifs is 7. The van der Waals surface area contributed by atoms with E-state index in [9.17, 15) is 14.4 Å². The van der Waals surface area contributed by atoms with Crippen LogP contribution in [0.25, 0.3) is 0 Å². The van der Waals surface area contributed by atoms with Crippen LogP contribution in [0.15, 0.2) is 65.1 Å². The van der Waals surface area contributed by atoms with Crippen molar-refractivity contribution in [3.63, 3.8) is 0 Å². The molecule has 0 saturated carbocycles. The second kappa shape index (κ2) is 7.76. The number of hydrogen-bond acceptors (Lipinski definition) is 4. The van der Waals surface area contributed by atoms with Gasteiger partial charge in [-0.1, -0.05) is 63.9 Å². The van der Waals surface area contributed by atoms with Gasteiger partial charge in [0.15, 0.2) is 5.78 Å². The molecular formula is C29H23BrClN3O3. The molecule has 0 radical (unpaired) electrons. The Kier molecular flexibility index (Phi) is 4.85. The molecule has 3 aromatic rings. The number of nitrogens with one attached hydrogen (secondary N) is 2. The van der Waals surface area contributed by atoms with Crippen molar-refractivity contribution in [1.82, 2.24) is 4.90 Å². The minimum Gasteiger partial charge on any atom is -0.325 e. The first-order valence-electron chi connectivity index (χ1n) is 12.4. The van der Waals surface area contributed by atoms with Gasteiger partial charge in [-0.2, -0.15) is 0 Å². The molecule has 8 heteroatoms. The van der Waals surface area contributed by atoms with Crippen LogP contribution in [0.5, 0.6) is 0 Å². The first kappa shape index (κ1) is 23.1. The van der Waals surface area contributed by atoms with Crippen molar-refractivity contribution in [2.45, 2.75) is 36.8 Å². The lowest BCUT2D eigenvalue weighted by Gasteiger charge is -2.38. The Bertz CT molecular complexity index is 1540. The van der Waals surface area contributed by atoms with E-state index < -0.39 is 16.9 Å². The summed E-state index contributed by atoms with van der Waals surface area (Å²) in [5.41, 5.74) is 1.44. The maximum atomic E-state index is 14.8. The lowest BCUT2D eigenvalue weighted by Crippen LogP contribution is -2.55. The SMILES string of the molecule is Cc1cc(Cl)c2c(c1)[C@@]1(C(=O)N2)[C@H](C(=O)c2ccc(Br)cc2)[C@]2(C(=O)Nc3ccccc32)[C@H]2CCCN21. The van der Waals surface area contributed by atoms with E-state index in [-0.39, 0.29) is 23.6 Å². The van der Waals surface area contributed by atoms with Crippen molar-refractivity contribution in [2.75, 3.05) is 17.2 Å². The van der Waals surface area contributed by atoms with Crippen LogP contribution in [0, 0.1) is 12.8 Å². The Morgan fingerprint density at radius 1 is 1.03 bits per heavy atom. The van der Waals surface area contributed by atoms with Crippen molar-refractivity contribution in [2.24, 2.45) is 5.92 Å². The molecule has 7 rings (SSSR count). The van der Waals surface area contributed by atoms with Crippen LogP contribution < -0.4 is 10.6 Å². The van der Waals surface area contributed by atoms with Crippen LogP contribution in [-0.2, 0) is 20.5 Å². The summed E-state index contributed by atoms with van der Waals surface area (Å²) < 4.78 is 0.843. The van der Waals surface area contributed by atoms with E-state index in [0.717, 1.165) is 22.0 Å². The molecular weight excluding hydrogens is 554 g/mol. The number of carbonyl (C=O) groups is 3. The van der Waals surface area contributed by atoms with Crippen molar-refractivity contribution < 1.29 is 14.4 Å². The molecule has 0 bridgehead atoms. The zero-order valence-corrected chi connectivity index (χ0v) is 22.3. The smallest absolute Gasteiger partial charge is 0.250 e. The summed E-state index contributed by atoms with van der Waals surface area (Å²) in [7, 11) is 0. The van der Waals surface area contributed by atoms with Crippen LogP contribution in [0.1, 0.15) is 39.9 Å². The zero-order chi connectivity index (χ0) is 25.7. The fourth-order valence-corrected chi connectivity index (χ4v) is 8.10. The van der Waals surface area contributed by atoms with E-state index in [4.69, 9.17) is 11.6 Å². The van der Waals surface area contributed by atoms with Crippen molar-refractivity contribution in [1.29, 1.82) is 0 Å². The standard InChI is InChI=1S/C29H23BrClN3O3/c1-15-13-19-23(20(31)14-15)33-27(37)29(19)25(24(35)16-8-10-17(30)11-9-16)28(22-7-4-12-34(22)29)18-5-2-3-6-21(18)32-26(28)36/h2-3,5-6,8-11,13-14,22,25H,4,7,12H2,1H3,(H,32,36)(H,33,37)/t22-,25-,28-,29+/m1/s1. The molecule has 2 N–H and O–H groups in total. The summed E-state index contributed by atoms with van der Waals surface area (Å²) in [6, 6.07) is 18.2. The molecule has 3 aromatic carbocycles. The molecule has 186 valence electrons. The van der Waals surface area contributed by atoms with Gasteiger partial charge in [-0.05, 0) is 61.7 Å². The molecule has 0 aromatic heterocycles. The van der Waals surface area contributed by atoms with Crippen molar-refractivity contribution in [3.05, 3.63) is 92.4 Å². The maximum Gasteiger partial charge on any atom is 0.250 e. The van der Waals surface area contributed by atoms with E-state index >= 15 is 0 Å². The molecule has 2 amide bonds. The topological polar surface area (TPSA) is 78.5 Å². The number of ketones is 1. The van der Waals surface area contributed by atoms with Gasteiger partial charge in [0.2, 0.25) is 11.8 Å². The summed E-state index contributed by atoms with van der Waals surface area (Å²) >= 11 is 10.1. The van der Waals surface area contributed by atoms with Gasteiger partial charge in [0.1, 0.15) is 11.0 Å². The number of para-hydroxylation sites is 1. The molecule has 0 unspecified atom stereocenters. The highest BCUT2D eigenvalue weighted by molar-refractivity contribution is 9.10. The lowest BCUT2D eigenvalue weighted by molar-refractivity contribution is -0.128. The molecule has 2 saturated heterocycles. The third-order valence-corrected chi connectivity index (χ3v) is 9.55. The summed E-state index contributed by atoms with van der Waals surface area (Å²) in [5.74, 6) is -1.74. The number of hydrogen-bond donors (Lipinski definition) is 2. The van der Waals surface area contributed by atoms with Gasteiger partial charge >= 0.3 is 0 Å². The molecule has 4 aliphatic rings. The maximum absolute atomic E-state index is 14.8. The number of halogens is 2. The fraction of sp³-hybridized carbons (Fsp3) is 0.276. The quantitative estimate of drug-likeness (QED) is 0.399. The van der Waals surface area contributed by atoms with E-state index in [1.54, 1.807) is 12.1 Å². The first-order chi connectivity index (χ1) is 17.8. The lowest BCUT2D eigenvalue weighted by atomic mass is 9.60. The monoisotopic (exact) mass is 575 g/mol. The van der Waals surface area contributed by atoms with Gasteiger partial charge in [0.05, 0.1) is 16.6 Å². The van der Waals surface area contributed by atoms with Gasteiger partial charge in [-0.25, -0.2) is 0 Å². The van der Waals surface area contributed by atoms with E-state index in [1.165, 1.54) is 0 Å². The van der Waals surface area contributed by atoms with E-state index in [2.05, 4.69) is 31.5 Å². The second-order valence-corrected chi connectivity index (χ2v) is 11.7. The molecule has 2 fully saturated rings. The Morgan fingerprint density at radius 3 is 2.57 bits per heavy atom. The number of rotatable bonds is 2. The second-order valence-electron chi connectivity index (χ2n) is 10.4. The van der Waals surface area contributed by atoms with Crippen LogP contribution in [0.4, 0.5) is 11.4 Å². The largest absolute Gasteiger partial charge is 0.325 e. The van der Waals surface area contributed by atoms with E-state index in [0.29, 0.717) is 40.5 Å². The van der Waals surface area contributed by atoms with Gasteiger partial charge in [-0.3, -0.25) is 19.3 Å². The zero-order valence-electron chi connectivity index (χ0n) is 20.0. The highest BCUT2D eigenvalue weighted by Crippen LogP contribution is 2.66. The predicted octanol–water partition coefficient (Wildman–Crippen LogP) is 5.43. The molecule has 4 heterocycles. The third kappa shape index (κ3) is 2.72. The number of anilines is 2. The highest BCUT2D eigenvalue weighted by atomic mass is 79.9. The van der Waals surface area contributed by atoms with Crippen LogP contribution >= 0.6 is 27.5 Å². The molecule has 2 spiro atoms. The van der Waals surface area contributed by atoms with Crippen molar-refractivity contribution >= 4 is 56.5 Å². The van der Waals surface area contributed by atoms with Crippen LogP contribution in [-0.4, -0.2) is 35.1 Å². The highest BCUT2D eigenvalue weighted by Gasteiger charge is 2.78. The summed E-state index contributed by atoms with van der Waals surface area (Å²) in [6.07, 6.45) is 1.53. The van der Waals surface area contributed by atoms with Crippen molar-refractivity contribution in [3.8, 4) is 0 Å². The normalized spacial score (nSPS) is 29.4. The Balaban J connectivity index is 1.60. The van der Waals surface area contributed by atoms with Gasteiger partial charge in [0, 0.05) is 27.3 Å². The first-order valence-corrected chi connectivity index (χ1v) is 13.6. The van der Waals surface area contributed by atoms with Gasteiger partial charge in [0.25, 0.3) is 0 Å². The minimum absolute atomic E-state index is 0.224. The Labute approximate surface area is 227 Å². The third-order valence-electron chi connectivity index (χ3n) is 8.72. The van der Waals surface area contributed by atoms with Crippen LogP contribution in [0.3, 0.4) is 0 Å². The van der Waals surface area contributed by atoms with E-state index in [1.807, 2.05) is 55.5 Å². The Hall–Kier alpha value is -3.00. The number of carbonyl (C=O) groups excluding carboxylic acids is 3. The Morgan fingerprint density at radius 2 is 1.78 bits per heavy atom. The average Bonchev–Trinajstić information content (AvgIpc) is 3.59. The number of benzene rings is 3.